The Kier molecular flexibility index (Phi) is 10.5. The number of hydrogen-bond donors (Lipinski definition) is 4. The number of hydrogen-bond acceptors (Lipinski definition) is 5. The van der Waals surface area contributed by atoms with Crippen LogP contribution in [0.5, 0.6) is 0 Å². The number of carbonyl (C=O) groups is 2. The molecule has 0 radical (unpaired) electrons. The molecule has 2 atom stereocenters. The summed E-state index contributed by atoms with van der Waals surface area (Å²) in [6, 6.07) is 0. The van der Waals surface area contributed by atoms with Gasteiger partial charge in [0.15, 0.2) is 6.10 Å². The Hall–Kier alpha value is -0.990. The van der Waals surface area contributed by atoms with Crippen molar-refractivity contribution in [2.75, 3.05) is 18.6 Å². The van der Waals surface area contributed by atoms with Gasteiger partial charge in [0, 0.05) is 29.4 Å². The summed E-state index contributed by atoms with van der Waals surface area (Å²) in [6.45, 7) is 0.531. The topological polar surface area (TPSA) is 138 Å². The van der Waals surface area contributed by atoms with Crippen LogP contribution in [0.3, 0.4) is 0 Å². The van der Waals surface area contributed by atoms with Crippen LogP contribution in [-0.2, 0) is 20.4 Å². The van der Waals surface area contributed by atoms with Crippen molar-refractivity contribution in [2.24, 2.45) is 5.73 Å². The first-order chi connectivity index (χ1) is 6.81. The molecule has 0 aliphatic rings. The first-order valence-corrected chi connectivity index (χ1v) is 5.66. The molecule has 0 aliphatic heterocycles. The van der Waals surface area contributed by atoms with Crippen molar-refractivity contribution in [3.05, 3.63) is 0 Å². The van der Waals surface area contributed by atoms with E-state index < -0.39 is 35.3 Å². The molecule has 0 saturated carbocycles. The van der Waals surface area contributed by atoms with Crippen LogP contribution in [0.2, 0.25) is 0 Å². The van der Waals surface area contributed by atoms with Crippen molar-refractivity contribution < 1.29 is 29.1 Å². The maximum Gasteiger partial charge on any atom is 0.333 e. The predicted molar refractivity (Wildman–Crippen MR) is 53.9 cm³/mol. The maximum absolute atomic E-state index is 10.1. The van der Waals surface area contributed by atoms with Crippen molar-refractivity contribution >= 4 is 22.7 Å². The lowest BCUT2D eigenvalue weighted by Crippen LogP contribution is -2.22. The van der Waals surface area contributed by atoms with Gasteiger partial charge in [-0.05, 0) is 0 Å². The Morgan fingerprint density at radius 2 is 1.87 bits per heavy atom. The number of carboxylic acid groups (broad SMARTS) is 2. The third-order valence-corrected chi connectivity index (χ3v) is 1.87. The molecule has 0 spiro atoms. The van der Waals surface area contributed by atoms with Crippen LogP contribution >= 0.6 is 0 Å². The van der Waals surface area contributed by atoms with E-state index in [2.05, 4.69) is 0 Å². The van der Waals surface area contributed by atoms with Gasteiger partial charge >= 0.3 is 11.9 Å². The monoisotopic (exact) mass is 241 g/mol. The number of aliphatic carboxylic acids is 2. The van der Waals surface area contributed by atoms with Crippen LogP contribution in [0.1, 0.15) is 6.42 Å². The number of rotatable bonds is 5. The van der Waals surface area contributed by atoms with Gasteiger partial charge in [-0.15, -0.1) is 0 Å². The molecule has 0 aromatic carbocycles. The molecule has 7 nitrogen and oxygen atoms in total. The van der Waals surface area contributed by atoms with Gasteiger partial charge in [-0.2, -0.15) is 0 Å². The smallest absolute Gasteiger partial charge is 0.333 e. The minimum Gasteiger partial charge on any atom is -0.481 e. The van der Waals surface area contributed by atoms with Gasteiger partial charge in [0.05, 0.1) is 6.42 Å². The minimum atomic E-state index is -1.79. The van der Waals surface area contributed by atoms with E-state index in [9.17, 15) is 13.8 Å². The lowest BCUT2D eigenvalue weighted by Gasteiger charge is -1.97. The molecule has 0 aliphatic carbocycles. The minimum absolute atomic E-state index is 0.531. The molecule has 0 aromatic rings. The van der Waals surface area contributed by atoms with Crippen LogP contribution in [0.15, 0.2) is 0 Å². The first-order valence-electron chi connectivity index (χ1n) is 3.94. The van der Waals surface area contributed by atoms with Gasteiger partial charge in [-0.3, -0.25) is 9.00 Å². The zero-order valence-corrected chi connectivity index (χ0v) is 9.07. The average Bonchev–Trinajstić information content (AvgIpc) is 2.03. The molecule has 2 unspecified atom stereocenters. The standard InChI is InChI=1S/C4H6O5.C3H9NOS/c5-2(4(8)9)1-3(6)7;1-6(5)3-2-4/h2,5H,1H2,(H,6,7)(H,8,9);2-4H2,1H3. The summed E-state index contributed by atoms with van der Waals surface area (Å²) in [4.78, 5) is 19.4. The molecule has 0 heterocycles. The van der Waals surface area contributed by atoms with Crippen LogP contribution < -0.4 is 5.73 Å². The van der Waals surface area contributed by atoms with E-state index in [0.29, 0.717) is 12.3 Å². The first kappa shape index (κ1) is 16.4. The van der Waals surface area contributed by atoms with E-state index in [1.54, 1.807) is 6.26 Å². The third kappa shape index (κ3) is 15.7. The zero-order valence-electron chi connectivity index (χ0n) is 8.25. The van der Waals surface area contributed by atoms with Gasteiger partial charge in [0.25, 0.3) is 0 Å². The molecule has 15 heavy (non-hydrogen) atoms. The molecule has 0 fully saturated rings. The zero-order chi connectivity index (χ0) is 12.4. The fraction of sp³-hybridized carbons (Fsp3) is 0.714. The molecule has 0 bridgehead atoms. The molecule has 90 valence electrons. The Morgan fingerprint density at radius 1 is 1.40 bits per heavy atom. The molecule has 8 heteroatoms. The predicted octanol–water partition coefficient (Wildman–Crippen LogP) is -1.77. The van der Waals surface area contributed by atoms with Crippen LogP contribution in [-0.4, -0.2) is 56.1 Å². The molecular formula is C7H15NO6S. The van der Waals surface area contributed by atoms with Gasteiger partial charge < -0.3 is 21.1 Å². The highest BCUT2D eigenvalue weighted by molar-refractivity contribution is 7.84. The van der Waals surface area contributed by atoms with Crippen molar-refractivity contribution in [1.82, 2.24) is 0 Å². The fourth-order valence-corrected chi connectivity index (χ4v) is 0.751. The average molecular weight is 241 g/mol. The molecule has 0 amide bonds. The summed E-state index contributed by atoms with van der Waals surface area (Å²) >= 11 is 0. The highest BCUT2D eigenvalue weighted by atomic mass is 32.2. The number of aliphatic hydroxyl groups excluding tert-OH is 1. The van der Waals surface area contributed by atoms with E-state index >= 15 is 0 Å². The van der Waals surface area contributed by atoms with Crippen molar-refractivity contribution in [2.45, 2.75) is 12.5 Å². The second-order valence-electron chi connectivity index (χ2n) is 2.52. The van der Waals surface area contributed by atoms with Gasteiger partial charge in [-0.1, -0.05) is 0 Å². The van der Waals surface area contributed by atoms with E-state index in [-0.39, 0.29) is 0 Å². The molecule has 0 saturated heterocycles. The quantitative estimate of drug-likeness (QED) is 0.447. The molecular weight excluding hydrogens is 226 g/mol. The largest absolute Gasteiger partial charge is 0.481 e. The van der Waals surface area contributed by atoms with E-state index in [0.717, 1.165) is 0 Å². The summed E-state index contributed by atoms with van der Waals surface area (Å²) in [5, 5.41) is 24.1. The lowest BCUT2D eigenvalue weighted by molar-refractivity contribution is -0.152. The van der Waals surface area contributed by atoms with E-state index in [4.69, 9.17) is 21.1 Å². The summed E-state index contributed by atoms with van der Waals surface area (Å²) < 4.78 is 10.1. The van der Waals surface area contributed by atoms with Crippen LogP contribution in [0, 0.1) is 0 Å². The van der Waals surface area contributed by atoms with Crippen LogP contribution in [0.4, 0.5) is 0 Å². The SMILES string of the molecule is CS(=O)CCN.O=C(O)CC(O)C(=O)O. The summed E-state index contributed by atoms with van der Waals surface area (Å²) in [5.41, 5.74) is 5.04. The Morgan fingerprint density at radius 3 is 1.93 bits per heavy atom. The Balaban J connectivity index is 0. The molecule has 0 aromatic heterocycles. The maximum atomic E-state index is 10.1. The number of carboxylic acids is 2. The summed E-state index contributed by atoms with van der Waals surface area (Å²) in [6.07, 6.45) is -0.898. The van der Waals surface area contributed by atoms with Crippen molar-refractivity contribution in [1.29, 1.82) is 0 Å². The lowest BCUT2D eigenvalue weighted by atomic mass is 10.3. The molecule has 5 N–H and O–H groups in total. The third-order valence-electron chi connectivity index (χ3n) is 1.06. The number of nitrogens with two attached hydrogens (primary N) is 1. The van der Waals surface area contributed by atoms with Gasteiger partial charge in [0.2, 0.25) is 0 Å². The second-order valence-corrected chi connectivity index (χ2v) is 4.07. The van der Waals surface area contributed by atoms with Gasteiger partial charge in [-0.25, -0.2) is 4.79 Å². The summed E-state index contributed by atoms with van der Waals surface area (Å²) in [5.74, 6) is -2.22. The second kappa shape index (κ2) is 9.56. The fourth-order valence-electron chi connectivity index (χ4n) is 0.419. The van der Waals surface area contributed by atoms with Crippen LogP contribution in [0.25, 0.3) is 0 Å². The highest BCUT2D eigenvalue weighted by Gasteiger charge is 2.16. The molecule has 0 rings (SSSR count). The van der Waals surface area contributed by atoms with Crippen molar-refractivity contribution in [3.63, 3.8) is 0 Å². The van der Waals surface area contributed by atoms with E-state index in [1.165, 1.54) is 0 Å². The van der Waals surface area contributed by atoms with E-state index in [1.807, 2.05) is 0 Å². The Bertz CT molecular complexity index is 232. The Labute approximate surface area is 89.4 Å². The highest BCUT2D eigenvalue weighted by Crippen LogP contribution is 1.89. The number of aliphatic hydroxyl groups is 1. The van der Waals surface area contributed by atoms with Gasteiger partial charge in [0.1, 0.15) is 0 Å². The van der Waals surface area contributed by atoms with Crippen molar-refractivity contribution in [3.8, 4) is 0 Å². The summed E-state index contributed by atoms with van der Waals surface area (Å²) in [7, 11) is -0.691. The normalized spacial score (nSPS) is 13.3.